The third kappa shape index (κ3) is 4.15. The number of hydrogen-bond donors (Lipinski definition) is 2. The quantitative estimate of drug-likeness (QED) is 0.807. The maximum Gasteiger partial charge on any atom is 0.268 e. The van der Waals surface area contributed by atoms with Gasteiger partial charge in [-0.2, -0.15) is 0 Å². The molecule has 0 bridgehead atoms. The Morgan fingerprint density at radius 3 is 2.55 bits per heavy atom. The number of fused-ring (bicyclic) bond motifs is 1. The van der Waals surface area contributed by atoms with Crippen molar-refractivity contribution in [2.45, 2.75) is 59.5 Å². The molecule has 29 heavy (non-hydrogen) atoms. The van der Waals surface area contributed by atoms with Gasteiger partial charge < -0.3 is 10.3 Å². The molecule has 1 fully saturated rings. The van der Waals surface area contributed by atoms with E-state index in [9.17, 15) is 9.59 Å². The van der Waals surface area contributed by atoms with Crippen LogP contribution in [0.5, 0.6) is 0 Å². The monoisotopic (exact) mass is 393 g/mol. The van der Waals surface area contributed by atoms with Crippen LogP contribution in [0.1, 0.15) is 76.3 Å². The van der Waals surface area contributed by atoms with E-state index in [2.05, 4.69) is 47.2 Å². The van der Waals surface area contributed by atoms with E-state index in [1.54, 1.807) is 0 Å². The van der Waals surface area contributed by atoms with Crippen LogP contribution in [-0.4, -0.2) is 34.7 Å². The first-order valence-corrected chi connectivity index (χ1v) is 10.7. The molecule has 1 aromatic carbocycles. The predicted molar refractivity (Wildman–Crippen MR) is 114 cm³/mol. The van der Waals surface area contributed by atoms with Gasteiger partial charge in [0.05, 0.1) is 0 Å². The number of ketones is 1. The van der Waals surface area contributed by atoms with E-state index < -0.39 is 0 Å². The Bertz CT molecular complexity index is 936. The first kappa shape index (κ1) is 19.9. The van der Waals surface area contributed by atoms with E-state index in [0.717, 1.165) is 48.4 Å². The molecule has 5 nitrogen and oxygen atoms in total. The van der Waals surface area contributed by atoms with Crippen LogP contribution in [0.4, 0.5) is 0 Å². The molecular formula is C24H31N3O2. The van der Waals surface area contributed by atoms with Gasteiger partial charge in [-0.1, -0.05) is 38.1 Å². The minimum absolute atomic E-state index is 0.0658. The zero-order valence-electron chi connectivity index (χ0n) is 17.7. The highest BCUT2D eigenvalue weighted by molar-refractivity contribution is 6.04. The summed E-state index contributed by atoms with van der Waals surface area (Å²) in [5.74, 6) is -0.00140. The third-order valence-corrected chi connectivity index (χ3v) is 6.28. The van der Waals surface area contributed by atoms with Crippen molar-refractivity contribution in [2.24, 2.45) is 5.41 Å². The second-order valence-corrected chi connectivity index (χ2v) is 9.35. The lowest BCUT2D eigenvalue weighted by Crippen LogP contribution is -2.26. The number of nitrogens with zero attached hydrogens (tertiary/aromatic N) is 1. The Balaban J connectivity index is 1.48. The van der Waals surface area contributed by atoms with Gasteiger partial charge in [0.1, 0.15) is 5.69 Å². The normalized spacial score (nSPS) is 18.7. The molecule has 1 aliphatic carbocycles. The molecule has 5 heteroatoms. The second kappa shape index (κ2) is 7.79. The number of aromatic nitrogens is 1. The van der Waals surface area contributed by atoms with Crippen molar-refractivity contribution in [3.63, 3.8) is 0 Å². The first-order chi connectivity index (χ1) is 13.8. The smallest absolute Gasteiger partial charge is 0.268 e. The molecule has 2 aromatic rings. The van der Waals surface area contributed by atoms with Crippen molar-refractivity contribution in [3.8, 4) is 0 Å². The maximum atomic E-state index is 12.9. The van der Waals surface area contributed by atoms with Crippen LogP contribution in [0.25, 0.3) is 0 Å². The van der Waals surface area contributed by atoms with Crippen LogP contribution < -0.4 is 5.32 Å². The number of rotatable bonds is 5. The van der Waals surface area contributed by atoms with Crippen molar-refractivity contribution in [1.29, 1.82) is 0 Å². The Morgan fingerprint density at radius 1 is 1.14 bits per heavy atom. The highest BCUT2D eigenvalue weighted by Crippen LogP contribution is 2.36. The number of nitrogens with one attached hydrogen (secondary N) is 2. The minimum atomic E-state index is -0.140. The molecule has 0 atom stereocenters. The zero-order chi connectivity index (χ0) is 20.6. The van der Waals surface area contributed by atoms with E-state index in [1.807, 2.05) is 13.0 Å². The molecular weight excluding hydrogens is 362 g/mol. The van der Waals surface area contributed by atoms with Crippen LogP contribution in [0.15, 0.2) is 24.3 Å². The fraction of sp³-hybridized carbons (Fsp3) is 0.500. The zero-order valence-corrected chi connectivity index (χ0v) is 17.7. The number of hydrogen-bond acceptors (Lipinski definition) is 3. The van der Waals surface area contributed by atoms with E-state index in [0.29, 0.717) is 18.7 Å². The van der Waals surface area contributed by atoms with E-state index in [1.165, 1.54) is 18.4 Å². The van der Waals surface area contributed by atoms with Crippen LogP contribution >= 0.6 is 0 Å². The molecule has 2 N–H and O–H groups in total. The maximum absolute atomic E-state index is 12.9. The molecule has 1 amide bonds. The van der Waals surface area contributed by atoms with Crippen LogP contribution in [0.2, 0.25) is 0 Å². The lowest BCUT2D eigenvalue weighted by molar-refractivity contribution is 0.0909. The second-order valence-electron chi connectivity index (χ2n) is 9.35. The molecule has 1 saturated heterocycles. The lowest BCUT2D eigenvalue weighted by atomic mass is 9.75. The molecule has 1 aromatic heterocycles. The van der Waals surface area contributed by atoms with Gasteiger partial charge in [0.15, 0.2) is 5.78 Å². The summed E-state index contributed by atoms with van der Waals surface area (Å²) in [6, 6.07) is 8.32. The van der Waals surface area contributed by atoms with Crippen LogP contribution in [-0.2, 0) is 19.5 Å². The first-order valence-electron chi connectivity index (χ1n) is 10.7. The molecule has 0 radical (unpaired) electrons. The van der Waals surface area contributed by atoms with Crippen molar-refractivity contribution < 1.29 is 9.59 Å². The van der Waals surface area contributed by atoms with Gasteiger partial charge >= 0.3 is 0 Å². The number of aromatic amines is 1. The average molecular weight is 394 g/mol. The Kier molecular flexibility index (Phi) is 5.34. The molecule has 0 unspecified atom stereocenters. The summed E-state index contributed by atoms with van der Waals surface area (Å²) in [4.78, 5) is 31.2. The Hall–Kier alpha value is -2.40. The van der Waals surface area contributed by atoms with Crippen molar-refractivity contribution in [2.75, 3.05) is 13.1 Å². The fourth-order valence-corrected chi connectivity index (χ4v) is 4.79. The van der Waals surface area contributed by atoms with Gasteiger partial charge in [0.25, 0.3) is 5.91 Å². The summed E-state index contributed by atoms with van der Waals surface area (Å²) in [6.07, 6.45) is 3.86. The van der Waals surface area contributed by atoms with Crippen molar-refractivity contribution in [1.82, 2.24) is 15.2 Å². The van der Waals surface area contributed by atoms with Gasteiger partial charge in [0, 0.05) is 30.8 Å². The van der Waals surface area contributed by atoms with Gasteiger partial charge in [-0.15, -0.1) is 0 Å². The molecule has 4 rings (SSSR count). The summed E-state index contributed by atoms with van der Waals surface area (Å²) in [7, 11) is 0. The lowest BCUT2D eigenvalue weighted by Gasteiger charge is -2.28. The number of likely N-dealkylation sites (tertiary alicyclic amines) is 1. The van der Waals surface area contributed by atoms with Gasteiger partial charge in [0.2, 0.25) is 0 Å². The number of benzene rings is 1. The highest BCUT2D eigenvalue weighted by atomic mass is 16.2. The number of Topliss-reactive ketones (excluding diaryl/α,β-unsaturated/α-hetero) is 1. The van der Waals surface area contributed by atoms with Crippen molar-refractivity contribution >= 4 is 11.7 Å². The summed E-state index contributed by atoms with van der Waals surface area (Å²) in [5.41, 5.74) is 5.30. The molecule has 0 spiro atoms. The van der Waals surface area contributed by atoms with E-state index in [4.69, 9.17) is 0 Å². The fourth-order valence-electron chi connectivity index (χ4n) is 4.79. The average Bonchev–Trinajstić information content (AvgIpc) is 3.27. The number of amides is 1. The number of carbonyl (C=O) groups is 2. The standard InChI is InChI=1S/C24H31N3O2/c1-16-21-19(12-24(2,3)13-20(21)28)26-22(16)23(29)25-14-17-8-4-5-9-18(17)15-27-10-6-7-11-27/h4-5,8-9,26H,6-7,10-15H2,1-3H3,(H,25,29). The number of H-pyrrole nitrogens is 1. The number of carbonyl (C=O) groups excluding carboxylic acids is 2. The summed E-state index contributed by atoms with van der Waals surface area (Å²) < 4.78 is 0. The van der Waals surface area contributed by atoms with Crippen LogP contribution in [0, 0.1) is 12.3 Å². The van der Waals surface area contributed by atoms with Crippen LogP contribution in [0.3, 0.4) is 0 Å². The topological polar surface area (TPSA) is 65.2 Å². The molecule has 1 aliphatic heterocycles. The van der Waals surface area contributed by atoms with Gasteiger partial charge in [-0.3, -0.25) is 14.5 Å². The van der Waals surface area contributed by atoms with E-state index >= 15 is 0 Å². The molecule has 0 saturated carbocycles. The third-order valence-electron chi connectivity index (χ3n) is 6.28. The Morgan fingerprint density at radius 2 is 1.83 bits per heavy atom. The molecule has 154 valence electrons. The summed E-state index contributed by atoms with van der Waals surface area (Å²) in [6.45, 7) is 9.80. The Labute approximate surface area is 172 Å². The van der Waals surface area contributed by atoms with Gasteiger partial charge in [-0.25, -0.2) is 0 Å². The minimum Gasteiger partial charge on any atom is -0.354 e. The molecule has 2 heterocycles. The van der Waals surface area contributed by atoms with Crippen molar-refractivity contribution in [3.05, 3.63) is 57.9 Å². The summed E-state index contributed by atoms with van der Waals surface area (Å²) >= 11 is 0. The summed E-state index contributed by atoms with van der Waals surface area (Å²) in [5, 5.41) is 3.07. The molecule has 2 aliphatic rings. The highest BCUT2D eigenvalue weighted by Gasteiger charge is 2.35. The predicted octanol–water partition coefficient (Wildman–Crippen LogP) is 4.00. The van der Waals surface area contributed by atoms with Gasteiger partial charge in [-0.05, 0) is 61.4 Å². The van der Waals surface area contributed by atoms with E-state index in [-0.39, 0.29) is 17.1 Å². The SMILES string of the molecule is Cc1c(C(=O)NCc2ccccc2CN2CCCC2)[nH]c2c1C(=O)CC(C)(C)C2. The largest absolute Gasteiger partial charge is 0.354 e.